The van der Waals surface area contributed by atoms with Crippen molar-refractivity contribution in [3.05, 3.63) is 29.3 Å². The molecule has 6 heteroatoms. The Morgan fingerprint density at radius 3 is 2.52 bits per heavy atom. The van der Waals surface area contributed by atoms with Crippen LogP contribution in [0, 0.1) is 11.2 Å². The fourth-order valence-corrected chi connectivity index (χ4v) is 3.25. The second kappa shape index (κ2) is 7.35. The number of hydrogen-bond acceptors (Lipinski definition) is 5. The summed E-state index contributed by atoms with van der Waals surface area (Å²) in [5.74, 6) is 2.96. The van der Waals surface area contributed by atoms with Gasteiger partial charge < -0.3 is 19.3 Å². The van der Waals surface area contributed by atoms with E-state index in [1.807, 2.05) is 18.2 Å². The number of aliphatic hydroxyl groups is 1. The maximum absolute atomic E-state index is 10.9. The molecule has 3 rings (SSSR count). The van der Waals surface area contributed by atoms with E-state index in [1.165, 1.54) is 0 Å². The van der Waals surface area contributed by atoms with Crippen LogP contribution in [0.25, 0.3) is 0 Å². The standard InChI is InChI=1S/C16H20BNO4.CH4/c1-20-14-10-12(2-3-13(14)15-21-8-9-22-15)16(19)4-6-17(11-18)7-5-16;/h2-3,10,15,19H,4-9H2,1H3;1H4. The molecule has 2 aliphatic rings. The normalized spacial score (nSPS) is 20.7. The number of nitriles is 1. The van der Waals surface area contributed by atoms with Crippen molar-refractivity contribution in [1.82, 2.24) is 0 Å². The molecule has 23 heavy (non-hydrogen) atoms. The molecule has 0 unspecified atom stereocenters. The minimum Gasteiger partial charge on any atom is -0.496 e. The highest BCUT2D eigenvalue weighted by molar-refractivity contribution is 6.67. The summed E-state index contributed by atoms with van der Waals surface area (Å²) in [4.78, 5) is 0. The average Bonchev–Trinajstić information content (AvgIpc) is 3.09. The molecule has 0 aromatic heterocycles. The van der Waals surface area contributed by atoms with Gasteiger partial charge in [-0.15, -0.1) is 0 Å². The van der Waals surface area contributed by atoms with Gasteiger partial charge in [0, 0.05) is 11.5 Å². The van der Waals surface area contributed by atoms with Gasteiger partial charge in [-0.3, -0.25) is 0 Å². The van der Waals surface area contributed by atoms with Crippen LogP contribution in [0.5, 0.6) is 5.75 Å². The quantitative estimate of drug-likeness (QED) is 0.868. The summed E-state index contributed by atoms with van der Waals surface area (Å²) < 4.78 is 16.5. The fourth-order valence-electron chi connectivity index (χ4n) is 3.25. The van der Waals surface area contributed by atoms with Gasteiger partial charge >= 0.3 is 0 Å². The summed E-state index contributed by atoms with van der Waals surface area (Å²) in [6, 6.07) is 5.68. The summed E-state index contributed by atoms with van der Waals surface area (Å²) in [5, 5.41) is 19.9. The first-order chi connectivity index (χ1) is 10.7. The van der Waals surface area contributed by atoms with Crippen LogP contribution in [0.3, 0.4) is 0 Å². The van der Waals surface area contributed by atoms with Gasteiger partial charge in [0.25, 0.3) is 6.71 Å². The third-order valence-electron chi connectivity index (χ3n) is 4.64. The lowest BCUT2D eigenvalue weighted by Gasteiger charge is -2.34. The third kappa shape index (κ3) is 3.53. The lowest BCUT2D eigenvalue weighted by molar-refractivity contribution is -0.0456. The molecule has 2 fully saturated rings. The molecule has 0 radical (unpaired) electrons. The van der Waals surface area contributed by atoms with E-state index in [0.29, 0.717) is 31.8 Å². The number of ether oxygens (including phenoxy) is 3. The van der Waals surface area contributed by atoms with Gasteiger partial charge in [-0.05, 0) is 30.5 Å². The second-order valence-electron chi connectivity index (χ2n) is 5.97. The van der Waals surface area contributed by atoms with Crippen LogP contribution >= 0.6 is 0 Å². The number of hydrogen-bond donors (Lipinski definition) is 1. The van der Waals surface area contributed by atoms with Crippen molar-refractivity contribution in [3.63, 3.8) is 0 Å². The Labute approximate surface area is 138 Å². The van der Waals surface area contributed by atoms with E-state index >= 15 is 0 Å². The highest BCUT2D eigenvalue weighted by atomic mass is 16.7. The van der Waals surface area contributed by atoms with Gasteiger partial charge in [0.1, 0.15) is 5.75 Å². The molecule has 0 aliphatic carbocycles. The predicted molar refractivity (Wildman–Crippen MR) is 88.5 cm³/mol. The zero-order valence-electron chi connectivity index (χ0n) is 12.7. The number of nitrogens with zero attached hydrogens (tertiary/aromatic N) is 1. The molecule has 0 atom stereocenters. The van der Waals surface area contributed by atoms with Crippen LogP contribution < -0.4 is 4.74 Å². The van der Waals surface area contributed by atoms with E-state index in [0.717, 1.165) is 23.8 Å². The summed E-state index contributed by atoms with van der Waals surface area (Å²) >= 11 is 0. The monoisotopic (exact) mass is 317 g/mol. The summed E-state index contributed by atoms with van der Waals surface area (Å²) in [7, 11) is 1.61. The maximum atomic E-state index is 10.9. The molecule has 5 nitrogen and oxygen atoms in total. The van der Waals surface area contributed by atoms with Gasteiger partial charge in [0.2, 0.25) is 0 Å². The molecular formula is C17H24BNO4. The molecule has 0 amide bonds. The zero-order valence-corrected chi connectivity index (χ0v) is 12.7. The molecule has 1 aromatic rings. The van der Waals surface area contributed by atoms with E-state index in [2.05, 4.69) is 5.97 Å². The number of methoxy groups -OCH3 is 1. The smallest absolute Gasteiger partial charge is 0.268 e. The Bertz CT molecular complexity index is 572. The van der Waals surface area contributed by atoms with Crippen molar-refractivity contribution in [2.75, 3.05) is 20.3 Å². The molecule has 0 bridgehead atoms. The first kappa shape index (κ1) is 17.8. The Balaban J connectivity index is 0.00000192. The van der Waals surface area contributed by atoms with E-state index < -0.39 is 11.9 Å². The second-order valence-corrected chi connectivity index (χ2v) is 5.97. The molecule has 124 valence electrons. The molecule has 1 N–H and O–H groups in total. The van der Waals surface area contributed by atoms with Crippen LogP contribution in [0.4, 0.5) is 0 Å². The van der Waals surface area contributed by atoms with Crippen LogP contribution in [-0.2, 0) is 15.1 Å². The number of rotatable bonds is 3. The molecule has 0 spiro atoms. The highest BCUT2D eigenvalue weighted by Gasteiger charge is 2.37. The Hall–Kier alpha value is -1.55. The molecule has 1 aromatic carbocycles. The van der Waals surface area contributed by atoms with Crippen molar-refractivity contribution < 1.29 is 19.3 Å². The zero-order chi connectivity index (χ0) is 15.6. The van der Waals surface area contributed by atoms with Crippen molar-refractivity contribution >= 4 is 6.71 Å². The molecule has 2 heterocycles. The minimum absolute atomic E-state index is 0. The summed E-state index contributed by atoms with van der Waals surface area (Å²) in [6.45, 7) is 1.21. The van der Waals surface area contributed by atoms with Gasteiger partial charge in [0.15, 0.2) is 6.29 Å². The molecule has 2 aliphatic heterocycles. The topological polar surface area (TPSA) is 71.7 Å². The highest BCUT2D eigenvalue weighted by Crippen LogP contribution is 2.41. The van der Waals surface area contributed by atoms with E-state index in [4.69, 9.17) is 19.5 Å². The average molecular weight is 317 g/mol. The lowest BCUT2D eigenvalue weighted by atomic mass is 9.41. The van der Waals surface area contributed by atoms with Gasteiger partial charge in [-0.2, -0.15) is 0 Å². The first-order valence-electron chi connectivity index (χ1n) is 7.70. The van der Waals surface area contributed by atoms with Crippen LogP contribution in [0.15, 0.2) is 18.2 Å². The molecule has 0 saturated carbocycles. The van der Waals surface area contributed by atoms with E-state index in [1.54, 1.807) is 7.11 Å². The van der Waals surface area contributed by atoms with Crippen molar-refractivity contribution in [1.29, 1.82) is 5.26 Å². The first-order valence-corrected chi connectivity index (χ1v) is 7.70. The van der Waals surface area contributed by atoms with Gasteiger partial charge in [-0.1, -0.05) is 26.1 Å². The van der Waals surface area contributed by atoms with E-state index in [-0.39, 0.29) is 14.1 Å². The van der Waals surface area contributed by atoms with Crippen molar-refractivity contribution in [3.8, 4) is 11.7 Å². The fraction of sp³-hybridized carbons (Fsp3) is 0.588. The lowest BCUT2D eigenvalue weighted by Crippen LogP contribution is -2.34. The van der Waals surface area contributed by atoms with Gasteiger partial charge in [0.05, 0.1) is 25.9 Å². The van der Waals surface area contributed by atoms with Crippen molar-refractivity contribution in [2.24, 2.45) is 0 Å². The van der Waals surface area contributed by atoms with Crippen LogP contribution in [0.1, 0.15) is 37.7 Å². The minimum atomic E-state index is -0.878. The third-order valence-corrected chi connectivity index (χ3v) is 4.64. The Morgan fingerprint density at radius 2 is 1.96 bits per heavy atom. The van der Waals surface area contributed by atoms with Crippen molar-refractivity contribution in [2.45, 2.75) is 44.8 Å². The summed E-state index contributed by atoms with van der Waals surface area (Å²) in [6.07, 6.45) is 2.26. The number of benzene rings is 1. The van der Waals surface area contributed by atoms with Gasteiger partial charge in [-0.25, -0.2) is 5.26 Å². The van der Waals surface area contributed by atoms with Crippen LogP contribution in [-0.4, -0.2) is 32.1 Å². The molecule has 2 saturated heterocycles. The Morgan fingerprint density at radius 1 is 1.30 bits per heavy atom. The van der Waals surface area contributed by atoms with E-state index in [9.17, 15) is 5.11 Å². The predicted octanol–water partition coefficient (Wildman–Crippen LogP) is 2.92. The SMILES string of the molecule is C.COc1cc(C2(O)CCB(C#N)CC2)ccc1C1OCCO1. The maximum Gasteiger partial charge on any atom is 0.268 e. The molecular weight excluding hydrogens is 293 g/mol. The largest absolute Gasteiger partial charge is 0.496 e. The summed E-state index contributed by atoms with van der Waals surface area (Å²) in [5.41, 5.74) is 0.803. The Kier molecular flexibility index (Phi) is 5.69. The van der Waals surface area contributed by atoms with Crippen LogP contribution in [0.2, 0.25) is 12.6 Å².